The minimum Gasteiger partial charge on any atom is -0.493 e. The zero-order valence-corrected chi connectivity index (χ0v) is 43.6. The van der Waals surface area contributed by atoms with Crippen LogP contribution in [0.4, 0.5) is 0 Å². The second-order valence-electron chi connectivity index (χ2n) is 19.5. The van der Waals surface area contributed by atoms with Crippen molar-refractivity contribution >= 4 is 41.3 Å². The minimum atomic E-state index is -0.758. The molecule has 2 unspecified atom stereocenters. The van der Waals surface area contributed by atoms with E-state index >= 15 is 0 Å². The van der Waals surface area contributed by atoms with Gasteiger partial charge in [-0.2, -0.15) is 0 Å². The number of esters is 1. The zero-order valence-electron chi connectivity index (χ0n) is 43.6. The van der Waals surface area contributed by atoms with Crippen LogP contribution in [0.2, 0.25) is 0 Å². The third kappa shape index (κ3) is 13.5. The maximum absolute atomic E-state index is 14.5. The molecule has 4 aromatic rings. The van der Waals surface area contributed by atoms with Crippen molar-refractivity contribution in [3.63, 3.8) is 0 Å². The molecule has 0 spiro atoms. The number of benzene rings is 4. The van der Waals surface area contributed by atoms with Gasteiger partial charge in [0.05, 0.1) is 26.7 Å². The Morgan fingerprint density at radius 3 is 2.36 bits per heavy atom. The number of hydrogen-bond acceptors (Lipinski definition) is 12. The molecule has 0 aliphatic carbocycles. The zero-order chi connectivity index (χ0) is 52.9. The van der Waals surface area contributed by atoms with E-state index in [9.17, 15) is 33.6 Å². The second kappa shape index (κ2) is 25.6. The van der Waals surface area contributed by atoms with Crippen molar-refractivity contribution in [3.8, 4) is 23.0 Å². The van der Waals surface area contributed by atoms with Gasteiger partial charge in [0.2, 0.25) is 17.7 Å². The third-order valence-corrected chi connectivity index (χ3v) is 14.4. The number of rotatable bonds is 24. The lowest BCUT2D eigenvalue weighted by atomic mass is 9.91. The Bertz CT molecular complexity index is 2720. The Morgan fingerprint density at radius 1 is 0.797 bits per heavy atom. The van der Waals surface area contributed by atoms with Crippen LogP contribution in [0, 0.1) is 20.8 Å². The van der Waals surface area contributed by atoms with Crippen molar-refractivity contribution in [2.75, 3.05) is 40.5 Å². The molecule has 2 N–H and O–H groups in total. The van der Waals surface area contributed by atoms with Gasteiger partial charge in [-0.15, -0.1) is 0 Å². The fourth-order valence-corrected chi connectivity index (χ4v) is 10.1. The molecule has 74 heavy (non-hydrogen) atoms. The number of hydrogen-bond donors (Lipinski definition) is 2. The van der Waals surface area contributed by atoms with Crippen LogP contribution in [-0.4, -0.2) is 104 Å². The summed E-state index contributed by atoms with van der Waals surface area (Å²) in [4.78, 5) is 94.9. The summed E-state index contributed by atoms with van der Waals surface area (Å²) in [6.45, 7) is 8.60. The van der Waals surface area contributed by atoms with Crippen LogP contribution in [0.15, 0.2) is 72.8 Å². The molecule has 2 saturated heterocycles. The molecule has 0 aromatic heterocycles. The van der Waals surface area contributed by atoms with Crippen LogP contribution >= 0.6 is 0 Å². The molecule has 4 atom stereocenters. The minimum absolute atomic E-state index is 0.107. The first kappa shape index (κ1) is 54.5. The number of Topliss-reactive ketones (excluding diaryl/α,β-unsaturated/α-hetero) is 1. The Hall–Kier alpha value is -7.23. The Labute approximate surface area is 433 Å². The van der Waals surface area contributed by atoms with Crippen molar-refractivity contribution < 1.29 is 57.2 Å². The number of nitrogens with one attached hydrogen (secondary N) is 2. The van der Waals surface area contributed by atoms with Crippen LogP contribution in [0.3, 0.4) is 0 Å². The quantitative estimate of drug-likeness (QED) is 0.0392. The van der Waals surface area contributed by atoms with E-state index in [-0.39, 0.29) is 68.4 Å². The van der Waals surface area contributed by atoms with E-state index in [2.05, 4.69) is 42.7 Å². The average molecular weight is 1020 g/mol. The van der Waals surface area contributed by atoms with E-state index in [0.29, 0.717) is 97.7 Å². The van der Waals surface area contributed by atoms with E-state index in [1.807, 2.05) is 38.1 Å². The highest BCUT2D eigenvalue weighted by molar-refractivity contribution is 6.05. The number of methoxy groups -OCH3 is 2. The summed E-state index contributed by atoms with van der Waals surface area (Å²) in [6.07, 6.45) is 5.63. The van der Waals surface area contributed by atoms with Gasteiger partial charge in [0.15, 0.2) is 23.9 Å². The first-order valence-electron chi connectivity index (χ1n) is 25.9. The van der Waals surface area contributed by atoms with Crippen molar-refractivity contribution in [3.05, 3.63) is 117 Å². The monoisotopic (exact) mass is 1010 g/mol. The normalized spacial score (nSPS) is 17.2. The third-order valence-electron chi connectivity index (χ3n) is 14.4. The number of likely N-dealkylation sites (tertiary alicyclic amines) is 1. The Morgan fingerprint density at radius 2 is 1.61 bits per heavy atom. The van der Waals surface area contributed by atoms with E-state index in [1.165, 1.54) is 16.0 Å². The summed E-state index contributed by atoms with van der Waals surface area (Å²) in [5.74, 6) is -0.662. The highest BCUT2D eigenvalue weighted by Crippen LogP contribution is 2.38. The number of piperidine rings is 2. The van der Waals surface area contributed by atoms with Gasteiger partial charge in [-0.1, -0.05) is 55.8 Å². The number of carbonyl (C=O) groups is 7. The summed E-state index contributed by atoms with van der Waals surface area (Å²) in [5.41, 5.74) is 6.85. The molecule has 0 bridgehead atoms. The number of unbranched alkanes of at least 4 members (excludes halogenated alkanes) is 2. The van der Waals surface area contributed by atoms with Gasteiger partial charge >= 0.3 is 5.97 Å². The number of imide groups is 1. The second-order valence-corrected chi connectivity index (χ2v) is 19.5. The van der Waals surface area contributed by atoms with Crippen molar-refractivity contribution in [2.45, 2.75) is 135 Å². The molecule has 4 aromatic carbocycles. The van der Waals surface area contributed by atoms with Crippen molar-refractivity contribution in [1.29, 1.82) is 0 Å². The number of ether oxygens (including phenoxy) is 5. The van der Waals surface area contributed by atoms with Gasteiger partial charge in [0, 0.05) is 37.1 Å². The summed E-state index contributed by atoms with van der Waals surface area (Å²) < 4.78 is 29.4. The number of ketones is 1. The molecule has 3 aliphatic rings. The number of amides is 5. The van der Waals surface area contributed by atoms with E-state index in [4.69, 9.17) is 23.7 Å². The maximum atomic E-state index is 14.5. The number of fused-ring (bicyclic) bond motifs is 1. The number of carbonyl (C=O) groups excluding carboxylic acids is 7. The SMILES string of the molecule is CC[C@H](C(=O)N1CCCC[C@H]1C(=O)OC(CCc1ccc(C)c(C)c1)c1cccc(OCC(=O)NCCCCCC(=O)COc2cccc3c2CN(C2CCC(=O)NC2=O)C3=O)c1)c1cc(C)c(OC)c(OC)c1. The van der Waals surface area contributed by atoms with Crippen molar-refractivity contribution in [1.82, 2.24) is 20.4 Å². The predicted molar refractivity (Wildman–Crippen MR) is 276 cm³/mol. The molecule has 16 nitrogen and oxygen atoms in total. The lowest BCUT2D eigenvalue weighted by molar-refractivity contribution is -0.162. The first-order chi connectivity index (χ1) is 35.7. The smallest absolute Gasteiger partial charge is 0.329 e. The molecule has 0 saturated carbocycles. The van der Waals surface area contributed by atoms with Crippen LogP contribution in [-0.2, 0) is 46.5 Å². The molecule has 16 heteroatoms. The molecular weight excluding hydrogens is 945 g/mol. The fraction of sp³-hybridized carbons (Fsp3) is 0.466. The maximum Gasteiger partial charge on any atom is 0.329 e. The largest absolute Gasteiger partial charge is 0.493 e. The van der Waals surface area contributed by atoms with Gasteiger partial charge in [0.25, 0.3) is 11.8 Å². The van der Waals surface area contributed by atoms with Gasteiger partial charge in [0.1, 0.15) is 36.3 Å². The number of nitrogens with zero attached hydrogens (tertiary/aromatic N) is 2. The van der Waals surface area contributed by atoms with Gasteiger partial charge in [-0.25, -0.2) is 4.79 Å². The van der Waals surface area contributed by atoms with Gasteiger partial charge in [-0.3, -0.25) is 34.1 Å². The summed E-state index contributed by atoms with van der Waals surface area (Å²) >= 11 is 0. The van der Waals surface area contributed by atoms with Crippen molar-refractivity contribution in [2.24, 2.45) is 0 Å². The Kier molecular flexibility index (Phi) is 18.9. The molecule has 5 amide bonds. The van der Waals surface area contributed by atoms with Crippen LogP contribution < -0.4 is 29.6 Å². The summed E-state index contributed by atoms with van der Waals surface area (Å²) in [5, 5.41) is 5.18. The van der Waals surface area contributed by atoms with Crippen LogP contribution in [0.25, 0.3) is 0 Å². The lowest BCUT2D eigenvalue weighted by Gasteiger charge is -2.37. The van der Waals surface area contributed by atoms with Crippen LogP contribution in [0.1, 0.15) is 139 Å². The first-order valence-corrected chi connectivity index (χ1v) is 25.9. The summed E-state index contributed by atoms with van der Waals surface area (Å²) in [6, 6.07) is 20.9. The molecule has 394 valence electrons. The fourth-order valence-electron chi connectivity index (χ4n) is 10.1. The molecule has 7 rings (SSSR count). The predicted octanol–water partition coefficient (Wildman–Crippen LogP) is 7.89. The molecule has 0 radical (unpaired) electrons. The average Bonchev–Trinajstić information content (AvgIpc) is 3.73. The topological polar surface area (TPSA) is 196 Å². The highest BCUT2D eigenvalue weighted by Gasteiger charge is 2.41. The lowest BCUT2D eigenvalue weighted by Crippen LogP contribution is -2.52. The van der Waals surface area contributed by atoms with E-state index in [1.54, 1.807) is 49.5 Å². The Balaban J connectivity index is 0.895. The van der Waals surface area contributed by atoms with E-state index < -0.39 is 36.0 Å². The van der Waals surface area contributed by atoms with Gasteiger partial charge < -0.3 is 38.8 Å². The van der Waals surface area contributed by atoms with Crippen LogP contribution in [0.5, 0.6) is 23.0 Å². The molecule has 3 heterocycles. The van der Waals surface area contributed by atoms with E-state index in [0.717, 1.165) is 29.5 Å². The van der Waals surface area contributed by atoms with Gasteiger partial charge in [-0.05, 0) is 142 Å². The summed E-state index contributed by atoms with van der Waals surface area (Å²) in [7, 11) is 3.16. The molecule has 2 fully saturated rings. The molecule has 3 aliphatic heterocycles. The molecular formula is C58H70N4O12. The number of aryl methyl sites for hydroxylation is 4. The highest BCUT2D eigenvalue weighted by atomic mass is 16.5. The standard InChI is InChI=1S/C58H70N4O12/c1-7-44(41-30-38(4)54(71-6)51(32-41)70-5)56(67)61-28-12-10-19-48(61)58(69)74-49(25-23-39-22-21-36(2)37(3)29-39)40-15-13-17-43(31-40)72-35-53(65)59-27-11-8-9-16-42(63)34-73-50-20-14-18-45-46(50)33-62(57(45)68)47-24-26-52(64)60-55(47)66/h13-15,17-18,20-22,29-32,44,47-49H,7-12,16,19,23-28,33-35H2,1-6H3,(H,59,65)(H,60,64,66)/t44-,47?,48-,49?/m0/s1.